The summed E-state index contributed by atoms with van der Waals surface area (Å²) in [6, 6.07) is 4.95. The largest absolute Gasteiger partial charge is 0.0602 e. The third kappa shape index (κ3) is 4.29. The Morgan fingerprint density at radius 1 is 1.08 bits per heavy atom. The third-order valence-electron chi connectivity index (χ3n) is 3.01. The van der Waals surface area contributed by atoms with Gasteiger partial charge in [-0.1, -0.05) is 58.2 Å². The molecule has 1 rings (SSSR count). The zero-order chi connectivity index (χ0) is 9.03. The van der Waals surface area contributed by atoms with Crippen molar-refractivity contribution in [3.05, 3.63) is 0 Å². The van der Waals surface area contributed by atoms with Gasteiger partial charge in [0.15, 0.2) is 0 Å². The molecule has 0 bridgehead atoms. The van der Waals surface area contributed by atoms with E-state index in [1.165, 1.54) is 12.8 Å². The fraction of sp³-hybridized carbons (Fsp3) is 1.00. The monoisotopic (exact) mass is 184 g/mol. The van der Waals surface area contributed by atoms with Crippen LogP contribution in [0.25, 0.3) is 0 Å². The van der Waals surface area contributed by atoms with Gasteiger partial charge < -0.3 is 0 Å². The molecule has 0 nitrogen and oxygen atoms in total. The van der Waals surface area contributed by atoms with E-state index in [2.05, 4.69) is 20.8 Å². The lowest BCUT2D eigenvalue weighted by Crippen LogP contribution is -2.09. The molecule has 1 aliphatic rings. The summed E-state index contributed by atoms with van der Waals surface area (Å²) in [6.07, 6.45) is 6.08. The molecule has 0 atom stereocenters. The van der Waals surface area contributed by atoms with E-state index in [-0.39, 0.29) is 8.80 Å². The molecule has 0 N–H and O–H groups in total. The molecule has 0 aromatic carbocycles. The molecule has 0 aromatic heterocycles. The first-order chi connectivity index (χ1) is 5.58. The number of rotatable bonds is 3. The van der Waals surface area contributed by atoms with Crippen LogP contribution in [0.5, 0.6) is 0 Å². The van der Waals surface area contributed by atoms with E-state index in [4.69, 9.17) is 0 Å². The SMILES string of the molecule is CC(C)(C)CCC[SiH]1CCCC1. The molecule has 1 aliphatic heterocycles. The molecule has 1 heterocycles. The predicted octanol–water partition coefficient (Wildman–Crippen LogP) is 3.83. The average molecular weight is 184 g/mol. The van der Waals surface area contributed by atoms with Crippen molar-refractivity contribution in [2.45, 2.75) is 64.6 Å². The van der Waals surface area contributed by atoms with Crippen molar-refractivity contribution in [2.24, 2.45) is 5.41 Å². The Bertz CT molecular complexity index is 117. The smallest absolute Gasteiger partial charge is 0.0367 e. The Morgan fingerprint density at radius 2 is 1.67 bits per heavy atom. The molecule has 0 spiro atoms. The zero-order valence-electron chi connectivity index (χ0n) is 9.03. The Labute approximate surface area is 79.4 Å². The summed E-state index contributed by atoms with van der Waals surface area (Å²) in [5.74, 6) is 0. The normalized spacial score (nSPS) is 20.2. The summed E-state index contributed by atoms with van der Waals surface area (Å²) < 4.78 is 0. The molecule has 12 heavy (non-hydrogen) atoms. The third-order valence-corrected chi connectivity index (χ3v) is 6.69. The van der Waals surface area contributed by atoms with Gasteiger partial charge in [-0.15, -0.1) is 0 Å². The van der Waals surface area contributed by atoms with Crippen molar-refractivity contribution in [1.82, 2.24) is 0 Å². The van der Waals surface area contributed by atoms with Gasteiger partial charge >= 0.3 is 0 Å². The van der Waals surface area contributed by atoms with Crippen LogP contribution in [0.2, 0.25) is 18.1 Å². The van der Waals surface area contributed by atoms with Gasteiger partial charge in [-0.3, -0.25) is 0 Å². The second-order valence-electron chi connectivity index (χ2n) is 5.60. The Balaban J connectivity index is 2.02. The summed E-state index contributed by atoms with van der Waals surface area (Å²) in [6.45, 7) is 7.09. The van der Waals surface area contributed by atoms with Gasteiger partial charge in [-0.2, -0.15) is 0 Å². The van der Waals surface area contributed by atoms with Gasteiger partial charge in [0.05, 0.1) is 0 Å². The predicted molar refractivity (Wildman–Crippen MR) is 59.5 cm³/mol. The summed E-state index contributed by atoms with van der Waals surface area (Å²) >= 11 is 0. The highest BCUT2D eigenvalue weighted by Crippen LogP contribution is 2.27. The fourth-order valence-electron chi connectivity index (χ4n) is 2.22. The van der Waals surface area contributed by atoms with Crippen molar-refractivity contribution in [2.75, 3.05) is 0 Å². The van der Waals surface area contributed by atoms with Gasteiger partial charge in [-0.05, 0) is 11.8 Å². The van der Waals surface area contributed by atoms with E-state index in [0.29, 0.717) is 5.41 Å². The Morgan fingerprint density at radius 3 is 2.17 bits per heavy atom. The number of hydrogen-bond donors (Lipinski definition) is 0. The lowest BCUT2D eigenvalue weighted by atomic mass is 9.91. The van der Waals surface area contributed by atoms with E-state index in [1.54, 1.807) is 31.0 Å². The molecule has 0 unspecified atom stereocenters. The van der Waals surface area contributed by atoms with Gasteiger partial charge in [-0.25, -0.2) is 0 Å². The van der Waals surface area contributed by atoms with Crippen LogP contribution in [-0.2, 0) is 0 Å². The van der Waals surface area contributed by atoms with Crippen LogP contribution >= 0.6 is 0 Å². The molecule has 72 valence electrons. The van der Waals surface area contributed by atoms with Gasteiger partial charge in [0.2, 0.25) is 0 Å². The van der Waals surface area contributed by atoms with Crippen LogP contribution < -0.4 is 0 Å². The maximum absolute atomic E-state index is 2.36. The molecule has 0 radical (unpaired) electrons. The van der Waals surface area contributed by atoms with E-state index in [9.17, 15) is 0 Å². The zero-order valence-corrected chi connectivity index (χ0v) is 10.2. The maximum Gasteiger partial charge on any atom is 0.0367 e. The second-order valence-corrected chi connectivity index (χ2v) is 9.07. The first-order valence-corrected chi connectivity index (χ1v) is 8.03. The van der Waals surface area contributed by atoms with Crippen LogP contribution in [0.15, 0.2) is 0 Å². The van der Waals surface area contributed by atoms with Crippen LogP contribution in [-0.4, -0.2) is 8.80 Å². The summed E-state index contributed by atoms with van der Waals surface area (Å²) in [5, 5.41) is 0. The van der Waals surface area contributed by atoms with E-state index >= 15 is 0 Å². The molecule has 0 aromatic rings. The standard InChI is InChI=1S/C11H24Si/c1-11(2,3)7-6-10-12-8-4-5-9-12/h12H,4-10H2,1-3H3. The van der Waals surface area contributed by atoms with Crippen molar-refractivity contribution >= 4 is 8.80 Å². The summed E-state index contributed by atoms with van der Waals surface area (Å²) in [4.78, 5) is 0. The van der Waals surface area contributed by atoms with Gasteiger partial charge in [0, 0.05) is 8.80 Å². The maximum atomic E-state index is 2.36. The van der Waals surface area contributed by atoms with Crippen molar-refractivity contribution in [1.29, 1.82) is 0 Å². The Kier molecular flexibility index (Phi) is 3.82. The van der Waals surface area contributed by atoms with Gasteiger partial charge in [0.1, 0.15) is 0 Å². The Hall–Kier alpha value is 0.217. The lowest BCUT2D eigenvalue weighted by Gasteiger charge is -2.18. The van der Waals surface area contributed by atoms with Crippen molar-refractivity contribution < 1.29 is 0 Å². The molecule has 1 saturated heterocycles. The minimum absolute atomic E-state index is 0.171. The van der Waals surface area contributed by atoms with Crippen LogP contribution in [0.4, 0.5) is 0 Å². The first-order valence-electron chi connectivity index (χ1n) is 5.58. The molecular formula is C11H24Si. The minimum Gasteiger partial charge on any atom is -0.0602 e. The van der Waals surface area contributed by atoms with Crippen LogP contribution in [0.3, 0.4) is 0 Å². The van der Waals surface area contributed by atoms with E-state index in [0.717, 1.165) is 0 Å². The van der Waals surface area contributed by atoms with Crippen LogP contribution in [0.1, 0.15) is 46.5 Å². The van der Waals surface area contributed by atoms with E-state index < -0.39 is 0 Å². The van der Waals surface area contributed by atoms with E-state index in [1.807, 2.05) is 0 Å². The average Bonchev–Trinajstić information content (AvgIpc) is 2.36. The number of hydrogen-bond acceptors (Lipinski definition) is 0. The molecule has 0 amide bonds. The lowest BCUT2D eigenvalue weighted by molar-refractivity contribution is 0.373. The van der Waals surface area contributed by atoms with Crippen molar-refractivity contribution in [3.8, 4) is 0 Å². The fourth-order valence-corrected chi connectivity index (χ4v) is 5.60. The molecule has 0 saturated carbocycles. The highest BCUT2D eigenvalue weighted by molar-refractivity contribution is 6.59. The molecule has 0 aliphatic carbocycles. The summed E-state index contributed by atoms with van der Waals surface area (Å²) in [5.41, 5.74) is 0.576. The van der Waals surface area contributed by atoms with Crippen molar-refractivity contribution in [3.63, 3.8) is 0 Å². The highest BCUT2D eigenvalue weighted by Gasteiger charge is 2.17. The minimum atomic E-state index is -0.171. The quantitative estimate of drug-likeness (QED) is 0.585. The molecule has 1 fully saturated rings. The highest BCUT2D eigenvalue weighted by atomic mass is 28.3. The summed E-state index contributed by atoms with van der Waals surface area (Å²) in [7, 11) is -0.171. The van der Waals surface area contributed by atoms with Crippen LogP contribution in [0, 0.1) is 5.41 Å². The molecular weight excluding hydrogens is 160 g/mol. The first kappa shape index (κ1) is 10.3. The molecule has 1 heteroatoms. The van der Waals surface area contributed by atoms with Gasteiger partial charge in [0.25, 0.3) is 0 Å². The topological polar surface area (TPSA) is 0 Å². The second kappa shape index (κ2) is 4.45.